The maximum atomic E-state index is 12.6. The van der Waals surface area contributed by atoms with Crippen molar-refractivity contribution in [2.24, 2.45) is 0 Å². The van der Waals surface area contributed by atoms with Crippen LogP contribution in [0.3, 0.4) is 0 Å². The van der Waals surface area contributed by atoms with E-state index in [4.69, 9.17) is 16.3 Å². The number of esters is 1. The molecule has 0 heterocycles. The number of anilines is 1. The molecule has 0 fully saturated rings. The first-order valence-corrected chi connectivity index (χ1v) is 11.6. The Morgan fingerprint density at radius 2 is 1.53 bits per heavy atom. The Hall–Kier alpha value is -3.36. The summed E-state index contributed by atoms with van der Waals surface area (Å²) < 4.78 is 32.7. The Morgan fingerprint density at radius 1 is 0.875 bits per heavy atom. The standard InChI is InChI=1S/C23H21ClN2O5S/c24-18-10-12-19(13-11-18)32(29,30)26-21-9-5-4-8-20(21)23(28)31-16-22(27)25-15-14-17-6-2-1-3-7-17/h1-13,26H,14-16H2,(H,25,27). The fraction of sp³-hybridized carbons (Fsp3) is 0.130. The number of hydrogen-bond donors (Lipinski definition) is 2. The zero-order chi connectivity index (χ0) is 23.0. The van der Waals surface area contributed by atoms with E-state index >= 15 is 0 Å². The molecule has 9 heteroatoms. The van der Waals surface area contributed by atoms with Gasteiger partial charge >= 0.3 is 5.97 Å². The van der Waals surface area contributed by atoms with Crippen LogP contribution in [0, 0.1) is 0 Å². The van der Waals surface area contributed by atoms with Crippen molar-refractivity contribution in [3.8, 4) is 0 Å². The molecule has 1 amide bonds. The van der Waals surface area contributed by atoms with Crippen molar-refractivity contribution in [2.75, 3.05) is 17.9 Å². The maximum Gasteiger partial charge on any atom is 0.340 e. The molecule has 0 unspecified atom stereocenters. The number of amides is 1. The molecule has 32 heavy (non-hydrogen) atoms. The minimum Gasteiger partial charge on any atom is -0.452 e. The highest BCUT2D eigenvalue weighted by molar-refractivity contribution is 7.92. The van der Waals surface area contributed by atoms with Gasteiger partial charge in [0, 0.05) is 11.6 Å². The topological polar surface area (TPSA) is 102 Å². The number of carbonyl (C=O) groups is 2. The number of halogens is 1. The normalized spacial score (nSPS) is 10.9. The Kier molecular flexibility index (Phi) is 7.86. The van der Waals surface area contributed by atoms with Crippen LogP contribution in [0.15, 0.2) is 83.8 Å². The second-order valence-corrected chi connectivity index (χ2v) is 8.89. The molecule has 0 atom stereocenters. The molecule has 0 saturated heterocycles. The molecule has 0 aliphatic carbocycles. The molecule has 0 spiro atoms. The molecule has 0 aromatic heterocycles. The van der Waals surface area contributed by atoms with Gasteiger partial charge in [-0.05, 0) is 48.4 Å². The second kappa shape index (κ2) is 10.8. The van der Waals surface area contributed by atoms with Crippen LogP contribution in [0.4, 0.5) is 5.69 Å². The summed E-state index contributed by atoms with van der Waals surface area (Å²) in [7, 11) is -3.95. The largest absolute Gasteiger partial charge is 0.452 e. The number of rotatable bonds is 9. The lowest BCUT2D eigenvalue weighted by molar-refractivity contribution is -0.124. The summed E-state index contributed by atoms with van der Waals surface area (Å²) in [6.45, 7) is -0.0796. The first-order valence-electron chi connectivity index (χ1n) is 9.70. The van der Waals surface area contributed by atoms with Crippen LogP contribution in [-0.4, -0.2) is 33.4 Å². The molecule has 0 radical (unpaired) electrons. The van der Waals surface area contributed by atoms with Gasteiger partial charge in [0.2, 0.25) is 0 Å². The van der Waals surface area contributed by atoms with E-state index in [1.165, 1.54) is 36.4 Å². The minimum atomic E-state index is -3.95. The molecule has 2 N–H and O–H groups in total. The van der Waals surface area contributed by atoms with Gasteiger partial charge < -0.3 is 10.1 Å². The van der Waals surface area contributed by atoms with E-state index in [0.29, 0.717) is 18.0 Å². The van der Waals surface area contributed by atoms with E-state index < -0.39 is 28.5 Å². The molecule has 3 aromatic carbocycles. The van der Waals surface area contributed by atoms with Gasteiger partial charge in [-0.25, -0.2) is 13.2 Å². The summed E-state index contributed by atoms with van der Waals surface area (Å²) in [6.07, 6.45) is 0.649. The minimum absolute atomic E-state index is 0.0112. The van der Waals surface area contributed by atoms with E-state index in [-0.39, 0.29) is 16.1 Å². The average Bonchev–Trinajstić information content (AvgIpc) is 2.78. The lowest BCUT2D eigenvalue weighted by Gasteiger charge is -2.12. The SMILES string of the molecule is O=C(COC(=O)c1ccccc1NS(=O)(=O)c1ccc(Cl)cc1)NCCc1ccccc1. The molecule has 0 bridgehead atoms. The van der Waals surface area contributed by atoms with Crippen LogP contribution in [0.2, 0.25) is 5.02 Å². The van der Waals surface area contributed by atoms with Crippen LogP contribution >= 0.6 is 11.6 Å². The Morgan fingerprint density at radius 3 is 2.25 bits per heavy atom. The fourth-order valence-corrected chi connectivity index (χ4v) is 4.02. The van der Waals surface area contributed by atoms with Gasteiger partial charge in [0.1, 0.15) is 0 Å². The van der Waals surface area contributed by atoms with Crippen molar-refractivity contribution in [1.29, 1.82) is 0 Å². The first-order chi connectivity index (χ1) is 15.3. The third-order valence-electron chi connectivity index (χ3n) is 4.43. The summed E-state index contributed by atoms with van der Waals surface area (Å²) in [6, 6.07) is 21.2. The number of sulfonamides is 1. The molecule has 0 aliphatic rings. The Bertz CT molecular complexity index is 1180. The number of nitrogens with one attached hydrogen (secondary N) is 2. The molecule has 3 aromatic rings. The predicted molar refractivity (Wildman–Crippen MR) is 122 cm³/mol. The molecule has 0 saturated carbocycles. The van der Waals surface area contributed by atoms with E-state index in [1.54, 1.807) is 12.1 Å². The third kappa shape index (κ3) is 6.57. The van der Waals surface area contributed by atoms with E-state index in [9.17, 15) is 18.0 Å². The van der Waals surface area contributed by atoms with Crippen LogP contribution in [0.1, 0.15) is 15.9 Å². The van der Waals surface area contributed by atoms with Gasteiger partial charge in [0.05, 0.1) is 16.1 Å². The van der Waals surface area contributed by atoms with Gasteiger partial charge in [-0.1, -0.05) is 54.1 Å². The molecule has 166 valence electrons. The summed E-state index contributed by atoms with van der Waals surface area (Å²) >= 11 is 5.80. The lowest BCUT2D eigenvalue weighted by Crippen LogP contribution is -2.30. The summed E-state index contributed by atoms with van der Waals surface area (Å²) in [4.78, 5) is 24.5. The van der Waals surface area contributed by atoms with Crippen LogP contribution in [0.25, 0.3) is 0 Å². The van der Waals surface area contributed by atoms with Gasteiger partial charge in [0.15, 0.2) is 6.61 Å². The average molecular weight is 473 g/mol. The van der Waals surface area contributed by atoms with Crippen LogP contribution in [0.5, 0.6) is 0 Å². The highest BCUT2D eigenvalue weighted by Crippen LogP contribution is 2.22. The number of para-hydroxylation sites is 1. The highest BCUT2D eigenvalue weighted by atomic mass is 35.5. The number of hydrogen-bond acceptors (Lipinski definition) is 5. The number of ether oxygens (including phenoxy) is 1. The van der Waals surface area contributed by atoms with Crippen molar-refractivity contribution >= 4 is 39.2 Å². The second-order valence-electron chi connectivity index (χ2n) is 6.77. The van der Waals surface area contributed by atoms with E-state index in [0.717, 1.165) is 5.56 Å². The lowest BCUT2D eigenvalue weighted by atomic mass is 10.1. The molecular weight excluding hydrogens is 452 g/mol. The monoisotopic (exact) mass is 472 g/mol. The summed E-state index contributed by atoms with van der Waals surface area (Å²) in [5.41, 5.74) is 1.10. The van der Waals surface area contributed by atoms with Crippen molar-refractivity contribution in [1.82, 2.24) is 5.32 Å². The quantitative estimate of drug-likeness (QED) is 0.463. The fourth-order valence-electron chi connectivity index (χ4n) is 2.82. The first kappa shape index (κ1) is 23.3. The number of carbonyl (C=O) groups excluding carboxylic acids is 2. The van der Waals surface area contributed by atoms with Crippen molar-refractivity contribution in [2.45, 2.75) is 11.3 Å². The summed E-state index contributed by atoms with van der Waals surface area (Å²) in [5, 5.41) is 3.08. The molecule has 0 aliphatic heterocycles. The van der Waals surface area contributed by atoms with E-state index in [1.807, 2.05) is 30.3 Å². The smallest absolute Gasteiger partial charge is 0.340 e. The van der Waals surface area contributed by atoms with Crippen molar-refractivity contribution < 1.29 is 22.7 Å². The van der Waals surface area contributed by atoms with Crippen LogP contribution < -0.4 is 10.0 Å². The third-order valence-corrected chi connectivity index (χ3v) is 6.06. The zero-order valence-electron chi connectivity index (χ0n) is 17.0. The van der Waals surface area contributed by atoms with Crippen LogP contribution in [-0.2, 0) is 26.0 Å². The number of benzene rings is 3. The van der Waals surface area contributed by atoms with E-state index in [2.05, 4.69) is 10.0 Å². The van der Waals surface area contributed by atoms with Gasteiger partial charge in [-0.2, -0.15) is 0 Å². The Labute approximate surface area is 191 Å². The zero-order valence-corrected chi connectivity index (χ0v) is 18.5. The van der Waals surface area contributed by atoms with Crippen molar-refractivity contribution in [3.63, 3.8) is 0 Å². The molecular formula is C23H21ClN2O5S. The maximum absolute atomic E-state index is 12.6. The molecule has 7 nitrogen and oxygen atoms in total. The van der Waals surface area contributed by atoms with Gasteiger partial charge in [0.25, 0.3) is 15.9 Å². The van der Waals surface area contributed by atoms with Crippen molar-refractivity contribution in [3.05, 3.63) is 95.0 Å². The Balaban J connectivity index is 1.58. The predicted octanol–water partition coefficient (Wildman–Crippen LogP) is 3.66. The molecule has 3 rings (SSSR count). The summed E-state index contributed by atoms with van der Waals surface area (Å²) in [5.74, 6) is -1.27. The van der Waals surface area contributed by atoms with Gasteiger partial charge in [-0.3, -0.25) is 9.52 Å². The highest BCUT2D eigenvalue weighted by Gasteiger charge is 2.20. The van der Waals surface area contributed by atoms with Gasteiger partial charge in [-0.15, -0.1) is 0 Å².